The van der Waals surface area contributed by atoms with Crippen molar-refractivity contribution in [3.8, 4) is 0 Å². The molecule has 3 N–H and O–H groups in total. The van der Waals surface area contributed by atoms with Gasteiger partial charge in [0.1, 0.15) is 6.04 Å². The van der Waals surface area contributed by atoms with Crippen LogP contribution >= 0.6 is 11.6 Å². The zero-order valence-electron chi connectivity index (χ0n) is 16.7. The quantitative estimate of drug-likeness (QED) is 0.627. The molecule has 7 nitrogen and oxygen atoms in total. The van der Waals surface area contributed by atoms with Gasteiger partial charge in [0.15, 0.2) is 0 Å². The van der Waals surface area contributed by atoms with E-state index in [1.807, 2.05) is 0 Å². The number of carbonyl (C=O) groups excluding carboxylic acids is 2. The molecule has 3 rings (SSSR count). The summed E-state index contributed by atoms with van der Waals surface area (Å²) in [7, 11) is -3.95. The second kappa shape index (κ2) is 9.16. The molecule has 0 fully saturated rings. The number of benzene rings is 2. The SMILES string of the molecule is CC(C)C(NS(=O)(=O)c1ccc2c(c1)CCCC(=O)N2)C(=O)Nc1ccc(Cl)cc1. The van der Waals surface area contributed by atoms with Crippen molar-refractivity contribution < 1.29 is 18.0 Å². The number of amides is 2. The summed E-state index contributed by atoms with van der Waals surface area (Å²) in [6.07, 6.45) is 1.64. The van der Waals surface area contributed by atoms with Crippen LogP contribution in [0.2, 0.25) is 5.02 Å². The molecule has 0 saturated heterocycles. The largest absolute Gasteiger partial charge is 0.326 e. The molecule has 0 aromatic heterocycles. The summed E-state index contributed by atoms with van der Waals surface area (Å²) in [4.78, 5) is 24.5. The predicted octanol–water partition coefficient (Wildman–Crippen LogP) is 3.56. The highest BCUT2D eigenvalue weighted by molar-refractivity contribution is 7.89. The molecule has 9 heteroatoms. The fraction of sp³-hybridized carbons (Fsp3) is 0.333. The van der Waals surface area contributed by atoms with Gasteiger partial charge in [-0.05, 0) is 66.8 Å². The fourth-order valence-corrected chi connectivity index (χ4v) is 4.72. The molecule has 1 aliphatic rings. The molecule has 2 aromatic carbocycles. The molecule has 0 saturated carbocycles. The van der Waals surface area contributed by atoms with Gasteiger partial charge >= 0.3 is 0 Å². The van der Waals surface area contributed by atoms with Crippen molar-refractivity contribution in [1.82, 2.24) is 4.72 Å². The predicted molar refractivity (Wildman–Crippen MR) is 117 cm³/mol. The summed E-state index contributed by atoms with van der Waals surface area (Å²) in [5.74, 6) is -0.827. The third-order valence-electron chi connectivity index (χ3n) is 4.85. The number of carbonyl (C=O) groups is 2. The monoisotopic (exact) mass is 449 g/mol. The van der Waals surface area contributed by atoms with E-state index >= 15 is 0 Å². The summed E-state index contributed by atoms with van der Waals surface area (Å²) in [5.41, 5.74) is 1.91. The van der Waals surface area contributed by atoms with E-state index in [0.29, 0.717) is 35.7 Å². The third-order valence-corrected chi connectivity index (χ3v) is 6.54. The topological polar surface area (TPSA) is 104 Å². The van der Waals surface area contributed by atoms with Gasteiger partial charge in [0, 0.05) is 22.8 Å². The second-order valence-corrected chi connectivity index (χ2v) is 9.71. The Morgan fingerprint density at radius 1 is 1.10 bits per heavy atom. The van der Waals surface area contributed by atoms with E-state index in [1.165, 1.54) is 6.07 Å². The zero-order valence-corrected chi connectivity index (χ0v) is 18.3. The molecule has 0 radical (unpaired) electrons. The van der Waals surface area contributed by atoms with Crippen LogP contribution in [0.1, 0.15) is 32.3 Å². The van der Waals surface area contributed by atoms with E-state index < -0.39 is 22.0 Å². The van der Waals surface area contributed by atoms with Crippen molar-refractivity contribution in [2.45, 2.75) is 44.0 Å². The minimum absolute atomic E-state index is 0.0577. The molecule has 1 aliphatic heterocycles. The standard InChI is InChI=1S/C21H24ClN3O4S/c1-13(2)20(21(27)23-16-8-6-15(22)7-9-16)25-30(28,29)17-10-11-18-14(12-17)4-3-5-19(26)24-18/h6-13,20,25H,3-5H2,1-2H3,(H,23,27)(H,24,26). The molecule has 1 unspecified atom stereocenters. The van der Waals surface area contributed by atoms with E-state index in [-0.39, 0.29) is 16.7 Å². The maximum atomic E-state index is 13.0. The van der Waals surface area contributed by atoms with Crippen LogP contribution in [-0.4, -0.2) is 26.3 Å². The smallest absolute Gasteiger partial charge is 0.242 e. The van der Waals surface area contributed by atoms with Gasteiger partial charge in [0.05, 0.1) is 4.90 Å². The molecule has 2 aromatic rings. The van der Waals surface area contributed by atoms with Gasteiger partial charge < -0.3 is 10.6 Å². The zero-order chi connectivity index (χ0) is 21.9. The van der Waals surface area contributed by atoms with Gasteiger partial charge in [-0.15, -0.1) is 0 Å². The van der Waals surface area contributed by atoms with Gasteiger partial charge in [-0.25, -0.2) is 8.42 Å². The number of hydrogen-bond donors (Lipinski definition) is 3. The highest BCUT2D eigenvalue weighted by Gasteiger charge is 2.29. The molecule has 1 atom stereocenters. The Morgan fingerprint density at radius 2 is 1.80 bits per heavy atom. The van der Waals surface area contributed by atoms with Crippen LogP contribution in [0.4, 0.5) is 11.4 Å². The fourth-order valence-electron chi connectivity index (χ4n) is 3.20. The molecule has 160 valence electrons. The Bertz CT molecular complexity index is 1050. The van der Waals surface area contributed by atoms with Crippen LogP contribution in [-0.2, 0) is 26.0 Å². The summed E-state index contributed by atoms with van der Waals surface area (Å²) in [6, 6.07) is 10.2. The Hall–Kier alpha value is -2.42. The van der Waals surface area contributed by atoms with Gasteiger partial charge in [0.2, 0.25) is 21.8 Å². The first kappa shape index (κ1) is 22.3. The Morgan fingerprint density at radius 3 is 2.47 bits per heavy atom. The van der Waals surface area contributed by atoms with Crippen LogP contribution in [0.25, 0.3) is 0 Å². The lowest BCUT2D eigenvalue weighted by Gasteiger charge is -2.22. The Kier molecular flexibility index (Phi) is 6.80. The molecule has 0 aliphatic carbocycles. The summed E-state index contributed by atoms with van der Waals surface area (Å²) < 4.78 is 28.5. The molecule has 0 spiro atoms. The van der Waals surface area contributed by atoms with Crippen LogP contribution in [0.15, 0.2) is 47.4 Å². The average molecular weight is 450 g/mol. The Labute approximate surface area is 181 Å². The lowest BCUT2D eigenvalue weighted by Crippen LogP contribution is -2.47. The van der Waals surface area contributed by atoms with Crippen molar-refractivity contribution >= 4 is 44.8 Å². The van der Waals surface area contributed by atoms with Crippen LogP contribution < -0.4 is 15.4 Å². The number of rotatable bonds is 6. The summed E-state index contributed by atoms with van der Waals surface area (Å²) in [6.45, 7) is 3.53. The normalized spacial score (nSPS) is 15.1. The van der Waals surface area contributed by atoms with E-state index in [0.717, 1.165) is 5.56 Å². The van der Waals surface area contributed by atoms with Crippen LogP contribution in [0, 0.1) is 5.92 Å². The first-order valence-electron chi connectivity index (χ1n) is 9.67. The third kappa shape index (κ3) is 5.38. The van der Waals surface area contributed by atoms with Crippen molar-refractivity contribution in [1.29, 1.82) is 0 Å². The molecular formula is C21H24ClN3O4S. The van der Waals surface area contributed by atoms with Crippen molar-refractivity contribution in [2.75, 3.05) is 10.6 Å². The van der Waals surface area contributed by atoms with Gasteiger partial charge in [-0.2, -0.15) is 4.72 Å². The summed E-state index contributed by atoms with van der Waals surface area (Å²) >= 11 is 5.86. The minimum Gasteiger partial charge on any atom is -0.326 e. The number of anilines is 2. The van der Waals surface area contributed by atoms with Crippen molar-refractivity contribution in [2.24, 2.45) is 5.92 Å². The maximum Gasteiger partial charge on any atom is 0.242 e. The summed E-state index contributed by atoms with van der Waals surface area (Å²) in [5, 5.41) is 6.03. The lowest BCUT2D eigenvalue weighted by atomic mass is 10.0. The second-order valence-electron chi connectivity index (χ2n) is 7.56. The average Bonchev–Trinajstić information content (AvgIpc) is 2.87. The number of aryl methyl sites for hydroxylation is 1. The van der Waals surface area contributed by atoms with Crippen LogP contribution in [0.3, 0.4) is 0 Å². The first-order chi connectivity index (χ1) is 14.2. The number of halogens is 1. The van der Waals surface area contributed by atoms with Crippen molar-refractivity contribution in [3.05, 3.63) is 53.1 Å². The van der Waals surface area contributed by atoms with E-state index in [4.69, 9.17) is 11.6 Å². The van der Waals surface area contributed by atoms with E-state index in [2.05, 4.69) is 15.4 Å². The van der Waals surface area contributed by atoms with Gasteiger partial charge in [-0.3, -0.25) is 9.59 Å². The molecule has 1 heterocycles. The van der Waals surface area contributed by atoms with E-state index in [1.54, 1.807) is 50.2 Å². The van der Waals surface area contributed by atoms with E-state index in [9.17, 15) is 18.0 Å². The lowest BCUT2D eigenvalue weighted by molar-refractivity contribution is -0.118. The van der Waals surface area contributed by atoms with Gasteiger partial charge in [0.25, 0.3) is 0 Å². The first-order valence-corrected chi connectivity index (χ1v) is 11.5. The van der Waals surface area contributed by atoms with Gasteiger partial charge in [-0.1, -0.05) is 25.4 Å². The number of sulfonamides is 1. The molecule has 0 bridgehead atoms. The number of fused-ring (bicyclic) bond motifs is 1. The number of hydrogen-bond acceptors (Lipinski definition) is 4. The molecule has 2 amide bonds. The highest BCUT2D eigenvalue weighted by Crippen LogP contribution is 2.25. The Balaban J connectivity index is 1.80. The molecular weight excluding hydrogens is 426 g/mol. The number of nitrogens with one attached hydrogen (secondary N) is 3. The highest BCUT2D eigenvalue weighted by atomic mass is 35.5. The minimum atomic E-state index is -3.95. The van der Waals surface area contributed by atoms with Crippen LogP contribution in [0.5, 0.6) is 0 Å². The maximum absolute atomic E-state index is 13.0. The molecule has 30 heavy (non-hydrogen) atoms. The van der Waals surface area contributed by atoms with Crippen molar-refractivity contribution in [3.63, 3.8) is 0 Å².